The summed E-state index contributed by atoms with van der Waals surface area (Å²) in [6, 6.07) is 16.6. The first-order valence-electron chi connectivity index (χ1n) is 10.6. The van der Waals surface area contributed by atoms with E-state index in [0.717, 1.165) is 23.6 Å². The van der Waals surface area contributed by atoms with E-state index in [0.29, 0.717) is 24.9 Å². The molecule has 0 aliphatic rings. The summed E-state index contributed by atoms with van der Waals surface area (Å²) in [6.07, 6.45) is 5.51. The molecule has 0 amide bonds. The number of aliphatic imine (C=N–C) groups is 1. The molecule has 8 heteroatoms. The van der Waals surface area contributed by atoms with Crippen LogP contribution in [0.25, 0.3) is 11.5 Å². The molecule has 0 aliphatic heterocycles. The summed E-state index contributed by atoms with van der Waals surface area (Å²) in [5, 5.41) is 6.65. The van der Waals surface area contributed by atoms with Gasteiger partial charge < -0.3 is 19.6 Å². The van der Waals surface area contributed by atoms with Crippen molar-refractivity contribution in [1.29, 1.82) is 0 Å². The average molecular weight is 556 g/mol. The van der Waals surface area contributed by atoms with Crippen molar-refractivity contribution in [3.8, 4) is 11.5 Å². The van der Waals surface area contributed by atoms with Crippen molar-refractivity contribution >= 4 is 29.9 Å². The highest BCUT2D eigenvalue weighted by Crippen LogP contribution is 2.19. The van der Waals surface area contributed by atoms with Crippen LogP contribution in [0.5, 0.6) is 0 Å². The molecule has 0 radical (unpaired) electrons. The van der Waals surface area contributed by atoms with Gasteiger partial charge in [0.05, 0.1) is 12.2 Å². The number of oxazole rings is 1. The van der Waals surface area contributed by atoms with Gasteiger partial charge in [0.1, 0.15) is 12.1 Å². The number of aromatic nitrogens is 3. The summed E-state index contributed by atoms with van der Waals surface area (Å²) < 4.78 is 7.77. The van der Waals surface area contributed by atoms with Crippen LogP contribution in [-0.2, 0) is 19.6 Å². The van der Waals surface area contributed by atoms with E-state index in [9.17, 15) is 0 Å². The van der Waals surface area contributed by atoms with Gasteiger partial charge in [-0.1, -0.05) is 42.0 Å². The molecule has 4 aromatic rings. The fourth-order valence-electron chi connectivity index (χ4n) is 3.40. The SMILES string of the molecule is CN=C(NCc1cccc(Cn2ccnc2C)c1)NCc1coc(-c2ccc(C)cc2)n1.I. The van der Waals surface area contributed by atoms with E-state index in [1.54, 1.807) is 13.3 Å². The molecule has 0 aliphatic carbocycles. The Hall–Kier alpha value is -3.14. The summed E-state index contributed by atoms with van der Waals surface area (Å²) in [6.45, 7) is 6.07. The minimum atomic E-state index is 0. The van der Waals surface area contributed by atoms with E-state index in [1.807, 2.05) is 31.5 Å². The number of nitrogens with zero attached hydrogens (tertiary/aromatic N) is 4. The molecule has 7 nitrogen and oxygen atoms in total. The van der Waals surface area contributed by atoms with Gasteiger partial charge in [-0.05, 0) is 37.1 Å². The van der Waals surface area contributed by atoms with E-state index >= 15 is 0 Å². The van der Waals surface area contributed by atoms with Crippen LogP contribution in [0.1, 0.15) is 28.2 Å². The molecule has 2 aromatic carbocycles. The summed E-state index contributed by atoms with van der Waals surface area (Å²) in [5.41, 5.74) is 5.42. The third kappa shape index (κ3) is 6.67. The Bertz CT molecular complexity index is 1200. The molecule has 0 unspecified atom stereocenters. The number of imidazole rings is 1. The molecule has 0 saturated carbocycles. The van der Waals surface area contributed by atoms with Crippen molar-refractivity contribution in [3.63, 3.8) is 0 Å². The molecular weight excluding hydrogens is 527 g/mol. The predicted molar refractivity (Wildman–Crippen MR) is 142 cm³/mol. The van der Waals surface area contributed by atoms with E-state index in [4.69, 9.17) is 4.42 Å². The van der Waals surface area contributed by atoms with Gasteiger partial charge in [0.2, 0.25) is 5.89 Å². The number of aryl methyl sites for hydroxylation is 2. The lowest BCUT2D eigenvalue weighted by molar-refractivity contribution is 0.572. The Morgan fingerprint density at radius 2 is 1.79 bits per heavy atom. The van der Waals surface area contributed by atoms with Crippen LogP contribution in [0, 0.1) is 13.8 Å². The molecule has 0 saturated heterocycles. The molecular formula is C25H29IN6O. The van der Waals surface area contributed by atoms with Gasteiger partial charge >= 0.3 is 0 Å². The van der Waals surface area contributed by atoms with Gasteiger partial charge in [-0.15, -0.1) is 24.0 Å². The Balaban J connectivity index is 0.00000306. The van der Waals surface area contributed by atoms with Crippen LogP contribution in [0.4, 0.5) is 0 Å². The first-order valence-corrected chi connectivity index (χ1v) is 10.6. The Kier molecular flexibility index (Phi) is 8.65. The number of hydrogen-bond acceptors (Lipinski definition) is 4. The van der Waals surface area contributed by atoms with Crippen molar-refractivity contribution < 1.29 is 4.42 Å². The minimum absolute atomic E-state index is 0. The number of halogens is 1. The quantitative estimate of drug-likeness (QED) is 0.196. The second kappa shape index (κ2) is 11.6. The van der Waals surface area contributed by atoms with Crippen LogP contribution in [-0.4, -0.2) is 27.5 Å². The van der Waals surface area contributed by atoms with Gasteiger partial charge in [0, 0.05) is 38.1 Å². The third-order valence-electron chi connectivity index (χ3n) is 5.24. The lowest BCUT2D eigenvalue weighted by Gasteiger charge is -2.12. The normalized spacial score (nSPS) is 11.2. The zero-order valence-corrected chi connectivity index (χ0v) is 21.4. The summed E-state index contributed by atoms with van der Waals surface area (Å²) in [7, 11) is 1.76. The van der Waals surface area contributed by atoms with Crippen LogP contribution < -0.4 is 10.6 Å². The van der Waals surface area contributed by atoms with Crippen LogP contribution >= 0.6 is 24.0 Å². The molecule has 33 heavy (non-hydrogen) atoms. The predicted octanol–water partition coefficient (Wildman–Crippen LogP) is 4.69. The van der Waals surface area contributed by atoms with Crippen LogP contribution in [0.2, 0.25) is 0 Å². The molecule has 4 rings (SSSR count). The highest BCUT2D eigenvalue weighted by Gasteiger charge is 2.08. The number of benzene rings is 2. The fraction of sp³-hybridized carbons (Fsp3) is 0.240. The lowest BCUT2D eigenvalue weighted by Crippen LogP contribution is -2.36. The molecule has 0 fully saturated rings. The monoisotopic (exact) mass is 556 g/mol. The average Bonchev–Trinajstić information content (AvgIpc) is 3.44. The maximum Gasteiger partial charge on any atom is 0.226 e. The number of hydrogen-bond donors (Lipinski definition) is 2. The lowest BCUT2D eigenvalue weighted by atomic mass is 10.1. The van der Waals surface area contributed by atoms with Gasteiger partial charge in [0.15, 0.2) is 5.96 Å². The zero-order valence-electron chi connectivity index (χ0n) is 19.1. The first-order chi connectivity index (χ1) is 15.6. The highest BCUT2D eigenvalue weighted by atomic mass is 127. The van der Waals surface area contributed by atoms with E-state index < -0.39 is 0 Å². The summed E-state index contributed by atoms with van der Waals surface area (Å²) in [4.78, 5) is 13.2. The Labute approximate surface area is 211 Å². The second-order valence-electron chi connectivity index (χ2n) is 7.71. The first kappa shape index (κ1) is 24.5. The third-order valence-corrected chi connectivity index (χ3v) is 5.24. The molecule has 0 spiro atoms. The van der Waals surface area contributed by atoms with Crippen molar-refractivity contribution in [3.05, 3.63) is 95.4 Å². The molecule has 2 aromatic heterocycles. The van der Waals surface area contributed by atoms with Crippen molar-refractivity contribution in [2.45, 2.75) is 33.5 Å². The van der Waals surface area contributed by atoms with Gasteiger partial charge in [-0.3, -0.25) is 4.99 Å². The topological polar surface area (TPSA) is 80.3 Å². The maximum atomic E-state index is 5.63. The fourth-order valence-corrected chi connectivity index (χ4v) is 3.40. The molecule has 0 bridgehead atoms. The largest absolute Gasteiger partial charge is 0.444 e. The molecule has 172 valence electrons. The smallest absolute Gasteiger partial charge is 0.226 e. The van der Waals surface area contributed by atoms with Gasteiger partial charge in [-0.2, -0.15) is 0 Å². The van der Waals surface area contributed by atoms with Crippen molar-refractivity contribution in [2.24, 2.45) is 4.99 Å². The van der Waals surface area contributed by atoms with Crippen molar-refractivity contribution in [1.82, 2.24) is 25.2 Å². The van der Waals surface area contributed by atoms with E-state index in [1.165, 1.54) is 16.7 Å². The van der Waals surface area contributed by atoms with Crippen LogP contribution in [0.3, 0.4) is 0 Å². The van der Waals surface area contributed by atoms with Crippen molar-refractivity contribution in [2.75, 3.05) is 7.05 Å². The van der Waals surface area contributed by atoms with E-state index in [-0.39, 0.29) is 24.0 Å². The molecule has 2 heterocycles. The Morgan fingerprint density at radius 1 is 1.03 bits per heavy atom. The molecule has 2 N–H and O–H groups in total. The van der Waals surface area contributed by atoms with E-state index in [2.05, 4.69) is 73.5 Å². The van der Waals surface area contributed by atoms with Crippen LogP contribution in [0.15, 0.2) is 76.6 Å². The van der Waals surface area contributed by atoms with Gasteiger partial charge in [0.25, 0.3) is 0 Å². The minimum Gasteiger partial charge on any atom is -0.444 e. The number of nitrogens with one attached hydrogen (secondary N) is 2. The maximum absolute atomic E-state index is 5.63. The highest BCUT2D eigenvalue weighted by molar-refractivity contribution is 14.0. The Morgan fingerprint density at radius 3 is 2.52 bits per heavy atom. The number of guanidine groups is 1. The summed E-state index contributed by atoms with van der Waals surface area (Å²) in [5.74, 6) is 2.34. The standard InChI is InChI=1S/C25H28N6O.HI/c1-18-7-9-22(10-8-18)24-30-23(17-32-24)15-29-25(26-3)28-14-20-5-4-6-21(13-20)16-31-12-11-27-19(31)2;/h4-13,17H,14-16H2,1-3H3,(H2,26,28,29);1H. The summed E-state index contributed by atoms with van der Waals surface area (Å²) >= 11 is 0. The molecule has 0 atom stereocenters. The van der Waals surface area contributed by atoms with Gasteiger partial charge in [-0.25, -0.2) is 9.97 Å². The zero-order chi connectivity index (χ0) is 22.3. The number of rotatable bonds is 7. The second-order valence-corrected chi connectivity index (χ2v) is 7.71.